The maximum atomic E-state index is 11.4. The van der Waals surface area contributed by atoms with E-state index in [1.54, 1.807) is 6.92 Å². The number of benzene rings is 1. The average molecular weight is 220 g/mol. The van der Waals surface area contributed by atoms with Gasteiger partial charge in [-0.1, -0.05) is 6.07 Å². The van der Waals surface area contributed by atoms with Crippen LogP contribution in [0.1, 0.15) is 18.9 Å². The molecule has 0 aromatic heterocycles. The summed E-state index contributed by atoms with van der Waals surface area (Å²) in [4.78, 5) is 11.4. The maximum absolute atomic E-state index is 11.4. The number of carbonyl (C=O) groups is 1. The van der Waals surface area contributed by atoms with Gasteiger partial charge in [-0.25, -0.2) is 0 Å². The SMILES string of the molecule is CC1Oc2ccc(CCCN)cc2NC1=O. The van der Waals surface area contributed by atoms with Crippen molar-refractivity contribution in [3.63, 3.8) is 0 Å². The molecule has 0 aliphatic carbocycles. The minimum atomic E-state index is -0.414. The molecule has 1 aromatic rings. The first-order valence-electron chi connectivity index (χ1n) is 5.51. The number of hydrogen-bond donors (Lipinski definition) is 2. The van der Waals surface area contributed by atoms with Crippen molar-refractivity contribution >= 4 is 11.6 Å². The van der Waals surface area contributed by atoms with Crippen molar-refractivity contribution in [3.05, 3.63) is 23.8 Å². The van der Waals surface area contributed by atoms with E-state index in [1.807, 2.05) is 18.2 Å². The zero-order valence-electron chi connectivity index (χ0n) is 9.32. The van der Waals surface area contributed by atoms with Crippen molar-refractivity contribution < 1.29 is 9.53 Å². The van der Waals surface area contributed by atoms with Gasteiger partial charge in [-0.15, -0.1) is 0 Å². The molecule has 0 spiro atoms. The van der Waals surface area contributed by atoms with Gasteiger partial charge < -0.3 is 15.8 Å². The molecule has 1 heterocycles. The second-order valence-corrected chi connectivity index (χ2v) is 3.97. The highest BCUT2D eigenvalue weighted by Crippen LogP contribution is 2.30. The van der Waals surface area contributed by atoms with Crippen LogP contribution in [0.5, 0.6) is 5.75 Å². The topological polar surface area (TPSA) is 64.3 Å². The van der Waals surface area contributed by atoms with Gasteiger partial charge in [0.15, 0.2) is 6.10 Å². The van der Waals surface area contributed by atoms with Crippen LogP contribution < -0.4 is 15.8 Å². The Morgan fingerprint density at radius 1 is 1.50 bits per heavy atom. The average Bonchev–Trinajstić information content (AvgIpc) is 2.28. The van der Waals surface area contributed by atoms with E-state index in [0.29, 0.717) is 6.54 Å². The quantitative estimate of drug-likeness (QED) is 0.807. The Morgan fingerprint density at radius 3 is 3.06 bits per heavy atom. The second-order valence-electron chi connectivity index (χ2n) is 3.97. The number of ether oxygens (including phenoxy) is 1. The van der Waals surface area contributed by atoms with Crippen LogP contribution >= 0.6 is 0 Å². The van der Waals surface area contributed by atoms with E-state index in [-0.39, 0.29) is 5.91 Å². The molecule has 1 aliphatic rings. The highest BCUT2D eigenvalue weighted by molar-refractivity contribution is 5.97. The highest BCUT2D eigenvalue weighted by atomic mass is 16.5. The van der Waals surface area contributed by atoms with Gasteiger partial charge in [-0.2, -0.15) is 0 Å². The lowest BCUT2D eigenvalue weighted by Crippen LogP contribution is -2.34. The predicted octanol–water partition coefficient (Wildman–Crippen LogP) is 1.30. The Labute approximate surface area is 94.8 Å². The molecule has 0 fully saturated rings. The summed E-state index contributed by atoms with van der Waals surface area (Å²) >= 11 is 0. The van der Waals surface area contributed by atoms with Gasteiger partial charge >= 0.3 is 0 Å². The van der Waals surface area contributed by atoms with Crippen LogP contribution in [0.3, 0.4) is 0 Å². The fourth-order valence-corrected chi connectivity index (χ4v) is 1.72. The highest BCUT2D eigenvalue weighted by Gasteiger charge is 2.23. The zero-order chi connectivity index (χ0) is 11.5. The number of hydrogen-bond acceptors (Lipinski definition) is 3. The lowest BCUT2D eigenvalue weighted by atomic mass is 10.1. The van der Waals surface area contributed by atoms with Crippen LogP contribution in [0.4, 0.5) is 5.69 Å². The molecular formula is C12H16N2O2. The Balaban J connectivity index is 2.19. The van der Waals surface area contributed by atoms with E-state index in [1.165, 1.54) is 5.56 Å². The van der Waals surface area contributed by atoms with Crippen molar-refractivity contribution in [2.45, 2.75) is 25.9 Å². The van der Waals surface area contributed by atoms with E-state index in [0.717, 1.165) is 24.3 Å². The number of nitrogens with one attached hydrogen (secondary N) is 1. The summed E-state index contributed by atoms with van der Waals surface area (Å²) in [5, 5.41) is 2.83. The first-order valence-corrected chi connectivity index (χ1v) is 5.51. The summed E-state index contributed by atoms with van der Waals surface area (Å²) in [7, 11) is 0. The van der Waals surface area contributed by atoms with Crippen LogP contribution in [-0.4, -0.2) is 18.6 Å². The Hall–Kier alpha value is -1.55. The van der Waals surface area contributed by atoms with Crippen molar-refractivity contribution in [2.24, 2.45) is 5.73 Å². The van der Waals surface area contributed by atoms with Crippen molar-refractivity contribution in [1.29, 1.82) is 0 Å². The van der Waals surface area contributed by atoms with Gasteiger partial charge in [0, 0.05) is 0 Å². The molecule has 16 heavy (non-hydrogen) atoms. The molecular weight excluding hydrogens is 204 g/mol. The lowest BCUT2D eigenvalue weighted by molar-refractivity contribution is -0.122. The molecule has 2 rings (SSSR count). The summed E-state index contributed by atoms with van der Waals surface area (Å²) in [6.45, 7) is 2.41. The number of nitrogens with two attached hydrogens (primary N) is 1. The van der Waals surface area contributed by atoms with E-state index in [2.05, 4.69) is 5.32 Å². The molecule has 4 nitrogen and oxygen atoms in total. The van der Waals surface area contributed by atoms with Gasteiger partial charge in [0.25, 0.3) is 5.91 Å². The summed E-state index contributed by atoms with van der Waals surface area (Å²) in [5.74, 6) is 0.645. The first-order chi connectivity index (χ1) is 7.70. The summed E-state index contributed by atoms with van der Waals surface area (Å²) in [6.07, 6.45) is 1.46. The number of amides is 1. The third-order valence-corrected chi connectivity index (χ3v) is 2.64. The summed E-state index contributed by atoms with van der Waals surface area (Å²) in [6, 6.07) is 5.87. The fourth-order valence-electron chi connectivity index (χ4n) is 1.72. The first kappa shape index (κ1) is 11.0. The molecule has 0 saturated heterocycles. The molecule has 3 N–H and O–H groups in total. The number of aryl methyl sites for hydroxylation is 1. The third kappa shape index (κ3) is 2.17. The molecule has 86 valence electrons. The molecule has 1 aliphatic heterocycles. The molecule has 4 heteroatoms. The maximum Gasteiger partial charge on any atom is 0.265 e. The monoisotopic (exact) mass is 220 g/mol. The zero-order valence-corrected chi connectivity index (χ0v) is 9.32. The van der Waals surface area contributed by atoms with Gasteiger partial charge in [-0.05, 0) is 44.0 Å². The summed E-state index contributed by atoms with van der Waals surface area (Å²) in [5.41, 5.74) is 7.39. The Morgan fingerprint density at radius 2 is 2.31 bits per heavy atom. The van der Waals surface area contributed by atoms with Crippen molar-refractivity contribution in [3.8, 4) is 5.75 Å². The van der Waals surface area contributed by atoms with Crippen molar-refractivity contribution in [1.82, 2.24) is 0 Å². The molecule has 0 bridgehead atoms. The van der Waals surface area contributed by atoms with Crippen LogP contribution in [0, 0.1) is 0 Å². The fraction of sp³-hybridized carbons (Fsp3) is 0.417. The number of rotatable bonds is 3. The predicted molar refractivity (Wildman–Crippen MR) is 62.5 cm³/mol. The molecule has 1 atom stereocenters. The van der Waals surface area contributed by atoms with Gasteiger partial charge in [0.1, 0.15) is 5.75 Å². The Kier molecular flexibility index (Phi) is 3.10. The summed E-state index contributed by atoms with van der Waals surface area (Å²) < 4.78 is 5.47. The minimum Gasteiger partial charge on any atom is -0.479 e. The lowest BCUT2D eigenvalue weighted by Gasteiger charge is -2.23. The molecule has 0 radical (unpaired) electrons. The number of fused-ring (bicyclic) bond motifs is 1. The van der Waals surface area contributed by atoms with Gasteiger partial charge in [0.05, 0.1) is 5.69 Å². The Bertz CT molecular complexity index is 404. The minimum absolute atomic E-state index is 0.0940. The van der Waals surface area contributed by atoms with Crippen LogP contribution in [0.2, 0.25) is 0 Å². The van der Waals surface area contributed by atoms with Crippen LogP contribution in [0.15, 0.2) is 18.2 Å². The van der Waals surface area contributed by atoms with E-state index in [9.17, 15) is 4.79 Å². The standard InChI is InChI=1S/C12H16N2O2/c1-8-12(15)14-10-7-9(3-2-6-13)4-5-11(10)16-8/h4-5,7-8H,2-3,6,13H2,1H3,(H,14,15). The van der Waals surface area contributed by atoms with Crippen LogP contribution in [0.25, 0.3) is 0 Å². The number of carbonyl (C=O) groups excluding carboxylic acids is 1. The normalized spacial score (nSPS) is 18.6. The molecule has 1 unspecified atom stereocenters. The van der Waals surface area contributed by atoms with E-state index in [4.69, 9.17) is 10.5 Å². The van der Waals surface area contributed by atoms with Crippen LogP contribution in [-0.2, 0) is 11.2 Å². The second kappa shape index (κ2) is 4.53. The van der Waals surface area contributed by atoms with E-state index < -0.39 is 6.10 Å². The van der Waals surface area contributed by atoms with Crippen molar-refractivity contribution in [2.75, 3.05) is 11.9 Å². The van der Waals surface area contributed by atoms with E-state index >= 15 is 0 Å². The van der Waals surface area contributed by atoms with Gasteiger partial charge in [-0.3, -0.25) is 4.79 Å². The molecule has 1 amide bonds. The largest absolute Gasteiger partial charge is 0.479 e. The molecule has 1 aromatic carbocycles. The van der Waals surface area contributed by atoms with Gasteiger partial charge in [0.2, 0.25) is 0 Å². The molecule has 0 saturated carbocycles. The third-order valence-electron chi connectivity index (χ3n) is 2.64. The number of anilines is 1. The smallest absolute Gasteiger partial charge is 0.265 e.